The van der Waals surface area contributed by atoms with E-state index in [1.54, 1.807) is 33.6 Å². The minimum atomic E-state index is -0.611. The molecule has 2 atom stereocenters. The molecule has 0 radical (unpaired) electrons. The number of hydrogen-bond donors (Lipinski definition) is 5. The first kappa shape index (κ1) is 59.9. The smallest absolute Gasteiger partial charge is 0.276 e. The first-order valence-corrected chi connectivity index (χ1v) is 23.0. The number of benzene rings is 2. The Kier molecular flexibility index (Phi) is 27.0. The Morgan fingerprint density at radius 3 is 1.83 bits per heavy atom. The van der Waals surface area contributed by atoms with Gasteiger partial charge in [0.15, 0.2) is 6.29 Å². The van der Waals surface area contributed by atoms with Crippen molar-refractivity contribution in [3.05, 3.63) is 82.5 Å². The topological polar surface area (TPSA) is 246 Å². The molecule has 4 heterocycles. The molecule has 19 nitrogen and oxygen atoms in total. The van der Waals surface area contributed by atoms with Crippen LogP contribution in [0.4, 0.5) is 16.3 Å². The average molecular weight is 962 g/mol. The fraction of sp³-hybridized carbons (Fsp3) is 0.469. The highest BCUT2D eigenvalue weighted by Crippen LogP contribution is 2.33. The SMILES string of the molecule is CC.CCC.CCn1nc(C)cc1C(=O)Nc1nc2cc(C(N)=O)cc(OC)c2n1C/C=C/Cn1c(NC)nc2cc(C)cc(OC(C)CC(C)NC)c21.CCn1nc(C)cc1C=O.CF.NC=O. The van der Waals surface area contributed by atoms with Crippen molar-refractivity contribution < 1.29 is 33.0 Å². The Balaban J connectivity index is 0.00000100. The lowest BCUT2D eigenvalue weighted by Crippen LogP contribution is -2.28. The van der Waals surface area contributed by atoms with Gasteiger partial charge in [-0.25, -0.2) is 9.97 Å². The van der Waals surface area contributed by atoms with Gasteiger partial charge in [0.1, 0.15) is 33.9 Å². The Morgan fingerprint density at radius 2 is 1.32 bits per heavy atom. The first-order chi connectivity index (χ1) is 33.1. The van der Waals surface area contributed by atoms with Gasteiger partial charge in [-0.15, -0.1) is 0 Å². The van der Waals surface area contributed by atoms with Crippen LogP contribution in [-0.4, -0.2) is 104 Å². The van der Waals surface area contributed by atoms with E-state index in [2.05, 4.69) is 76.3 Å². The Hall–Kier alpha value is -7.09. The molecule has 0 saturated carbocycles. The summed E-state index contributed by atoms with van der Waals surface area (Å²) >= 11 is 0. The molecule has 4 aromatic heterocycles. The van der Waals surface area contributed by atoms with Gasteiger partial charge in [-0.3, -0.25) is 38.2 Å². The molecule has 0 spiro atoms. The van der Waals surface area contributed by atoms with E-state index in [-0.39, 0.29) is 29.9 Å². The van der Waals surface area contributed by atoms with Crippen molar-refractivity contribution in [3.8, 4) is 11.5 Å². The molecule has 6 rings (SSSR count). The molecule has 0 aliphatic heterocycles. The van der Waals surface area contributed by atoms with E-state index >= 15 is 0 Å². The fourth-order valence-electron chi connectivity index (χ4n) is 6.91. The van der Waals surface area contributed by atoms with Crippen molar-refractivity contribution in [1.29, 1.82) is 0 Å². The van der Waals surface area contributed by atoms with Crippen molar-refractivity contribution in [2.24, 2.45) is 11.5 Å². The van der Waals surface area contributed by atoms with Gasteiger partial charge < -0.3 is 40.7 Å². The van der Waals surface area contributed by atoms with Crippen LogP contribution in [-0.2, 0) is 31.0 Å². The number of halogens is 1. The van der Waals surface area contributed by atoms with Crippen LogP contribution in [0.2, 0.25) is 0 Å². The lowest BCUT2D eigenvalue weighted by atomic mass is 10.1. The average Bonchev–Trinajstić information content (AvgIpc) is 4.10. The number of aldehydes is 1. The molecule has 0 fully saturated rings. The standard InChI is InChI=1S/C35H46N10O4.C7H10N2O.C3H8.C2H6.CH3F.CH3NO/c1-9-45-27(17-22(4)42-45)33(47)41-35-40-26-18-24(32(36)46)19-28(48-8)30(26)44(35)13-11-10-12-43-31-25(39-34(43)38-7)14-20(2)15-29(31)49-23(5)16-21(3)37-6;1-3-9-7(5-10)4-6(2)8-9;1-3-2;2*1-2;2-1-3/h10-11,14-15,17-19,21,23,37H,9,12-13,16H2,1-8H3,(H2,36,46)(H,38,39)(H,40,41,47);4-5H,3H2,1-2H3;3H2,1-2H3;1-2H3;1H3;1H,(H2,2,3)/b11-10+;;;;;. The zero-order valence-corrected chi connectivity index (χ0v) is 43.2. The maximum Gasteiger partial charge on any atom is 0.276 e. The second-order valence-electron chi connectivity index (χ2n) is 15.1. The predicted molar refractivity (Wildman–Crippen MR) is 274 cm³/mol. The number of rotatable bonds is 17. The first-order valence-electron chi connectivity index (χ1n) is 23.0. The number of aromatic nitrogens is 8. The van der Waals surface area contributed by atoms with Gasteiger partial charge in [0, 0.05) is 44.8 Å². The number of alkyl halides is 1. The number of allylic oxidation sites excluding steroid dienone is 2. The minimum absolute atomic E-state index is 0.0162. The molecule has 0 aliphatic carbocycles. The van der Waals surface area contributed by atoms with E-state index in [1.165, 1.54) is 13.5 Å². The number of carbonyl (C=O) groups is 4. The van der Waals surface area contributed by atoms with Crippen molar-refractivity contribution in [1.82, 2.24) is 44.0 Å². The number of ether oxygens (including phenoxy) is 2. The van der Waals surface area contributed by atoms with Crippen LogP contribution < -0.4 is 36.9 Å². The van der Waals surface area contributed by atoms with Crippen LogP contribution in [0, 0.1) is 20.8 Å². The molecule has 2 aromatic carbocycles. The number of fused-ring (bicyclic) bond motifs is 2. The largest absolute Gasteiger partial charge is 0.494 e. The Labute approximate surface area is 406 Å². The number of methoxy groups -OCH3 is 1. The van der Waals surface area contributed by atoms with Crippen LogP contribution in [0.5, 0.6) is 11.5 Å². The molecule has 3 amide bonds. The van der Waals surface area contributed by atoms with Gasteiger partial charge >= 0.3 is 0 Å². The molecule has 0 bridgehead atoms. The number of primary amides is 2. The lowest BCUT2D eigenvalue weighted by Gasteiger charge is -2.20. The second kappa shape index (κ2) is 31.0. The molecule has 380 valence electrons. The number of aryl methyl sites for hydroxylation is 5. The predicted octanol–water partition coefficient (Wildman–Crippen LogP) is 7.80. The quantitative estimate of drug-likeness (QED) is 0.0434. The molecule has 69 heavy (non-hydrogen) atoms. The highest BCUT2D eigenvalue weighted by Gasteiger charge is 2.22. The zero-order valence-electron chi connectivity index (χ0n) is 43.2. The van der Waals surface area contributed by atoms with Crippen molar-refractivity contribution in [3.63, 3.8) is 0 Å². The van der Waals surface area contributed by atoms with Crippen LogP contribution in [0.15, 0.2) is 48.6 Å². The third kappa shape index (κ3) is 16.9. The summed E-state index contributed by atoms with van der Waals surface area (Å²) in [7, 11) is 5.81. The highest BCUT2D eigenvalue weighted by atomic mass is 19.1. The third-order valence-electron chi connectivity index (χ3n) is 9.75. The van der Waals surface area contributed by atoms with E-state index in [0.717, 1.165) is 53.0 Å². The van der Waals surface area contributed by atoms with E-state index < -0.39 is 5.91 Å². The van der Waals surface area contributed by atoms with Gasteiger partial charge in [-0.1, -0.05) is 46.3 Å². The molecule has 0 saturated heterocycles. The molecule has 20 heteroatoms. The summed E-state index contributed by atoms with van der Waals surface area (Å²) in [6, 6.07) is 11.1. The third-order valence-corrected chi connectivity index (χ3v) is 9.75. The summed E-state index contributed by atoms with van der Waals surface area (Å²) in [4.78, 5) is 54.0. The summed E-state index contributed by atoms with van der Waals surface area (Å²) < 4.78 is 28.9. The zero-order chi connectivity index (χ0) is 52.4. The normalized spacial score (nSPS) is 11.2. The van der Waals surface area contributed by atoms with Gasteiger partial charge in [-0.2, -0.15) is 10.2 Å². The van der Waals surface area contributed by atoms with E-state index in [0.29, 0.717) is 67.0 Å². The van der Waals surface area contributed by atoms with Crippen molar-refractivity contribution in [2.45, 2.75) is 127 Å². The van der Waals surface area contributed by atoms with Gasteiger partial charge in [0.2, 0.25) is 24.2 Å². The number of carbonyl (C=O) groups excluding carboxylic acids is 4. The molecule has 2 unspecified atom stereocenters. The Morgan fingerprint density at radius 1 is 0.797 bits per heavy atom. The van der Waals surface area contributed by atoms with Crippen molar-refractivity contribution in [2.75, 3.05) is 39.0 Å². The summed E-state index contributed by atoms with van der Waals surface area (Å²) in [5.74, 6) is 1.19. The van der Waals surface area contributed by atoms with E-state index in [1.807, 2.05) is 79.3 Å². The van der Waals surface area contributed by atoms with E-state index in [4.69, 9.17) is 30.0 Å². The molecule has 0 aliphatic rings. The maximum absolute atomic E-state index is 13.5. The van der Waals surface area contributed by atoms with Crippen LogP contribution in [0.3, 0.4) is 0 Å². The fourth-order valence-corrected chi connectivity index (χ4v) is 6.91. The van der Waals surface area contributed by atoms with Gasteiger partial charge in [0.25, 0.3) is 5.91 Å². The summed E-state index contributed by atoms with van der Waals surface area (Å²) in [5, 5.41) is 17.9. The summed E-state index contributed by atoms with van der Waals surface area (Å²) in [6.45, 7) is 24.2. The second-order valence-corrected chi connectivity index (χ2v) is 15.1. The number of nitrogens with one attached hydrogen (secondary N) is 3. The molecule has 6 aromatic rings. The van der Waals surface area contributed by atoms with Crippen LogP contribution in [0.25, 0.3) is 22.1 Å². The van der Waals surface area contributed by atoms with Gasteiger partial charge in [0.05, 0.1) is 42.8 Å². The number of nitrogens with two attached hydrogens (primary N) is 2. The van der Waals surface area contributed by atoms with Crippen LogP contribution in [0.1, 0.15) is 117 Å². The summed E-state index contributed by atoms with van der Waals surface area (Å²) in [5.41, 5.74) is 16.6. The van der Waals surface area contributed by atoms with E-state index in [9.17, 15) is 18.8 Å². The molecule has 7 N–H and O–H groups in total. The number of hydrogen-bond acceptors (Lipinski definition) is 12. The lowest BCUT2D eigenvalue weighted by molar-refractivity contribution is -0.106. The number of imidazole rings is 2. The summed E-state index contributed by atoms with van der Waals surface area (Å²) in [6.07, 6.45) is 7.16. The maximum atomic E-state index is 13.5. The highest BCUT2D eigenvalue weighted by molar-refractivity contribution is 6.04. The monoisotopic (exact) mass is 962 g/mol. The Bertz CT molecular complexity index is 2560. The number of anilines is 2. The minimum Gasteiger partial charge on any atom is -0.494 e. The number of nitrogens with zero attached hydrogens (tertiary/aromatic N) is 8. The van der Waals surface area contributed by atoms with Crippen LogP contribution >= 0.6 is 0 Å². The van der Waals surface area contributed by atoms with Gasteiger partial charge in [-0.05, 0) is 104 Å². The molecular formula is C49H76FN13O6. The number of amides is 3. The van der Waals surface area contributed by atoms with Crippen molar-refractivity contribution >= 4 is 58.5 Å². The molecular weight excluding hydrogens is 886 g/mol.